The van der Waals surface area contributed by atoms with Crippen LogP contribution in [0.1, 0.15) is 13.8 Å². The molecule has 0 radical (unpaired) electrons. The molecule has 2 rings (SSSR count). The van der Waals surface area contributed by atoms with Crippen molar-refractivity contribution in [3.8, 4) is 0 Å². The van der Waals surface area contributed by atoms with Crippen LogP contribution in [0.4, 0.5) is 10.1 Å². The van der Waals surface area contributed by atoms with E-state index in [4.69, 9.17) is 0 Å². The van der Waals surface area contributed by atoms with Gasteiger partial charge in [-0.1, -0.05) is 6.08 Å². The van der Waals surface area contributed by atoms with Crippen LogP contribution in [-0.4, -0.2) is 43.4 Å². The van der Waals surface area contributed by atoms with Crippen molar-refractivity contribution in [3.63, 3.8) is 0 Å². The summed E-state index contributed by atoms with van der Waals surface area (Å²) in [5.74, 6) is -0.199. The number of allylic oxidation sites excluding steroid dienone is 1. The molecule has 1 fully saturated rings. The van der Waals surface area contributed by atoms with Crippen LogP contribution < -0.4 is 4.90 Å². The summed E-state index contributed by atoms with van der Waals surface area (Å²) in [5.41, 5.74) is 1.84. The third-order valence-electron chi connectivity index (χ3n) is 3.77. The number of carbonyl (C=O) groups excluding carboxylic acids is 1. The van der Waals surface area contributed by atoms with E-state index in [2.05, 4.69) is 16.7 Å². The summed E-state index contributed by atoms with van der Waals surface area (Å²) in [6, 6.07) is 6.92. The zero-order valence-electron chi connectivity index (χ0n) is 12.1. The number of carbonyl (C=O) groups is 1. The van der Waals surface area contributed by atoms with Crippen molar-refractivity contribution in [2.45, 2.75) is 19.9 Å². The molecule has 1 atom stereocenters. The predicted molar refractivity (Wildman–Crippen MR) is 79.5 cm³/mol. The molecule has 1 heterocycles. The minimum atomic E-state index is -0.199. The van der Waals surface area contributed by atoms with Crippen LogP contribution in [0.15, 0.2) is 35.9 Å². The second-order valence-electron chi connectivity index (χ2n) is 5.27. The fourth-order valence-electron chi connectivity index (χ4n) is 2.56. The number of hydrogen-bond donors (Lipinski definition) is 0. The van der Waals surface area contributed by atoms with Gasteiger partial charge in [-0.05, 0) is 43.7 Å². The Morgan fingerprint density at radius 1 is 1.20 bits per heavy atom. The van der Waals surface area contributed by atoms with E-state index in [1.165, 1.54) is 12.1 Å². The molecule has 1 unspecified atom stereocenters. The van der Waals surface area contributed by atoms with Gasteiger partial charge in [0.25, 0.3) is 0 Å². The second-order valence-corrected chi connectivity index (χ2v) is 5.27. The molecule has 1 saturated heterocycles. The van der Waals surface area contributed by atoms with E-state index in [9.17, 15) is 9.18 Å². The number of benzene rings is 1. The van der Waals surface area contributed by atoms with E-state index < -0.39 is 0 Å². The van der Waals surface area contributed by atoms with E-state index in [1.54, 1.807) is 0 Å². The third kappa shape index (κ3) is 3.67. The zero-order valence-corrected chi connectivity index (χ0v) is 12.1. The van der Waals surface area contributed by atoms with E-state index in [0.717, 1.165) is 43.7 Å². The highest BCUT2D eigenvalue weighted by Crippen LogP contribution is 2.18. The van der Waals surface area contributed by atoms with Crippen molar-refractivity contribution in [1.82, 2.24) is 4.90 Å². The number of aldehydes is 1. The normalized spacial score (nSPS) is 18.9. The minimum Gasteiger partial charge on any atom is -0.369 e. The maximum Gasteiger partial charge on any atom is 0.145 e. The lowest BCUT2D eigenvalue weighted by atomic mass is 10.1. The van der Waals surface area contributed by atoms with Crippen molar-refractivity contribution in [1.29, 1.82) is 0 Å². The van der Waals surface area contributed by atoms with Crippen LogP contribution in [0.25, 0.3) is 0 Å². The first-order chi connectivity index (χ1) is 9.60. The molecule has 3 nitrogen and oxygen atoms in total. The summed E-state index contributed by atoms with van der Waals surface area (Å²) < 4.78 is 12.9. The molecule has 4 heteroatoms. The first-order valence-electron chi connectivity index (χ1n) is 6.98. The van der Waals surface area contributed by atoms with E-state index in [0.29, 0.717) is 0 Å². The smallest absolute Gasteiger partial charge is 0.145 e. The number of halogens is 1. The molecule has 108 valence electrons. The largest absolute Gasteiger partial charge is 0.369 e. The van der Waals surface area contributed by atoms with Gasteiger partial charge in [-0.2, -0.15) is 0 Å². The number of hydrogen-bond acceptors (Lipinski definition) is 3. The summed E-state index contributed by atoms with van der Waals surface area (Å²) in [4.78, 5) is 15.3. The molecular weight excluding hydrogens is 255 g/mol. The molecule has 1 aliphatic heterocycles. The van der Waals surface area contributed by atoms with Crippen molar-refractivity contribution in [2.75, 3.05) is 31.1 Å². The Hall–Kier alpha value is -1.68. The summed E-state index contributed by atoms with van der Waals surface area (Å²) in [7, 11) is 0. The lowest BCUT2D eigenvalue weighted by Crippen LogP contribution is -2.49. The first kappa shape index (κ1) is 14.7. The maximum absolute atomic E-state index is 12.9. The van der Waals surface area contributed by atoms with Crippen LogP contribution in [-0.2, 0) is 4.79 Å². The number of nitrogens with zero attached hydrogens (tertiary/aromatic N) is 2. The first-order valence-corrected chi connectivity index (χ1v) is 6.98. The Morgan fingerprint density at radius 3 is 2.35 bits per heavy atom. The van der Waals surface area contributed by atoms with E-state index in [-0.39, 0.29) is 11.9 Å². The average molecular weight is 276 g/mol. The second kappa shape index (κ2) is 6.66. The Morgan fingerprint density at radius 2 is 1.80 bits per heavy atom. The SMILES string of the molecule is C/C(C=O)=C\C(C)N1CCN(c2ccc(F)cc2)CC1. The van der Waals surface area contributed by atoms with Crippen molar-refractivity contribution >= 4 is 12.0 Å². The minimum absolute atomic E-state index is 0.199. The number of piperazine rings is 1. The zero-order chi connectivity index (χ0) is 14.5. The topological polar surface area (TPSA) is 23.6 Å². The molecule has 0 aromatic heterocycles. The van der Waals surface area contributed by atoms with Crippen LogP contribution in [0.2, 0.25) is 0 Å². The highest BCUT2D eigenvalue weighted by atomic mass is 19.1. The Kier molecular flexibility index (Phi) is 4.90. The molecule has 0 amide bonds. The molecule has 0 bridgehead atoms. The highest BCUT2D eigenvalue weighted by Gasteiger charge is 2.20. The standard InChI is InChI=1S/C16H21FN2O/c1-13(12-20)11-14(2)18-7-9-19(10-8-18)16-5-3-15(17)4-6-16/h3-6,11-12,14H,7-10H2,1-2H3/b13-11+. The van der Waals surface area contributed by atoms with Gasteiger partial charge < -0.3 is 4.90 Å². The molecule has 0 aliphatic carbocycles. The van der Waals surface area contributed by atoms with Gasteiger partial charge in [-0.15, -0.1) is 0 Å². The van der Waals surface area contributed by atoms with Crippen molar-refractivity contribution in [3.05, 3.63) is 41.7 Å². The summed E-state index contributed by atoms with van der Waals surface area (Å²) in [6.07, 6.45) is 2.89. The molecule has 20 heavy (non-hydrogen) atoms. The van der Waals surface area contributed by atoms with E-state index >= 15 is 0 Å². The molecule has 0 spiro atoms. The van der Waals surface area contributed by atoms with Gasteiger partial charge in [0.2, 0.25) is 0 Å². The fraction of sp³-hybridized carbons (Fsp3) is 0.438. The average Bonchev–Trinajstić information content (AvgIpc) is 2.48. The van der Waals surface area contributed by atoms with Gasteiger partial charge in [0, 0.05) is 37.9 Å². The lowest BCUT2D eigenvalue weighted by molar-refractivity contribution is -0.104. The Balaban J connectivity index is 1.92. The van der Waals surface area contributed by atoms with Crippen LogP contribution in [0, 0.1) is 5.82 Å². The maximum atomic E-state index is 12.9. The van der Waals surface area contributed by atoms with Crippen LogP contribution in [0.3, 0.4) is 0 Å². The number of rotatable bonds is 4. The van der Waals surface area contributed by atoms with Gasteiger partial charge in [0.1, 0.15) is 12.1 Å². The molecule has 0 N–H and O–H groups in total. The molecule has 1 aromatic rings. The van der Waals surface area contributed by atoms with Gasteiger partial charge in [0.05, 0.1) is 0 Å². The Labute approximate surface area is 119 Å². The van der Waals surface area contributed by atoms with Crippen LogP contribution in [0.5, 0.6) is 0 Å². The quantitative estimate of drug-likeness (QED) is 0.623. The molecule has 1 aliphatic rings. The van der Waals surface area contributed by atoms with Gasteiger partial charge >= 0.3 is 0 Å². The van der Waals surface area contributed by atoms with Crippen LogP contribution >= 0.6 is 0 Å². The van der Waals surface area contributed by atoms with Gasteiger partial charge in [0.15, 0.2) is 0 Å². The monoisotopic (exact) mass is 276 g/mol. The summed E-state index contributed by atoms with van der Waals surface area (Å²) >= 11 is 0. The van der Waals surface area contributed by atoms with E-state index in [1.807, 2.05) is 25.1 Å². The lowest BCUT2D eigenvalue weighted by Gasteiger charge is -2.38. The number of anilines is 1. The molecule has 1 aromatic carbocycles. The summed E-state index contributed by atoms with van der Waals surface area (Å²) in [6.45, 7) is 7.68. The molecule has 0 saturated carbocycles. The Bertz CT molecular complexity index is 476. The predicted octanol–water partition coefficient (Wildman–Crippen LogP) is 2.48. The van der Waals surface area contributed by atoms with Crippen molar-refractivity contribution < 1.29 is 9.18 Å². The highest BCUT2D eigenvalue weighted by molar-refractivity contribution is 5.72. The van der Waals surface area contributed by atoms with Gasteiger partial charge in [-0.25, -0.2) is 4.39 Å². The fourth-order valence-corrected chi connectivity index (χ4v) is 2.56. The van der Waals surface area contributed by atoms with Crippen molar-refractivity contribution in [2.24, 2.45) is 0 Å². The van der Waals surface area contributed by atoms with Gasteiger partial charge in [-0.3, -0.25) is 9.69 Å². The molecular formula is C16H21FN2O. The summed E-state index contributed by atoms with van der Waals surface area (Å²) in [5, 5.41) is 0. The third-order valence-corrected chi connectivity index (χ3v) is 3.77.